The number of ether oxygens (including phenoxy) is 1. The molecule has 0 aliphatic carbocycles. The summed E-state index contributed by atoms with van der Waals surface area (Å²) in [6.07, 6.45) is 0. The van der Waals surface area contributed by atoms with Crippen molar-refractivity contribution in [2.24, 2.45) is 0 Å². The largest absolute Gasteiger partial charge is 0.484 e. The van der Waals surface area contributed by atoms with Gasteiger partial charge in [0.15, 0.2) is 12.4 Å². The number of carbonyl (C=O) groups is 2. The maximum absolute atomic E-state index is 13.0. The lowest BCUT2D eigenvalue weighted by molar-refractivity contribution is -0.132. The second kappa shape index (κ2) is 9.15. The molecule has 5 heteroatoms. The standard InChI is InChI=1S/C24H22FNO3/c1-17-3-5-18(6-4-17)15-26(2)23(27)16-29-22-13-9-20(10-14-22)24(28)19-7-11-21(25)12-8-19/h3-14H,15-16H2,1-2H3. The number of aryl methyl sites for hydroxylation is 1. The van der Waals surface area contributed by atoms with E-state index in [4.69, 9.17) is 4.74 Å². The molecule has 0 N–H and O–H groups in total. The average molecular weight is 391 g/mol. The van der Waals surface area contributed by atoms with Crippen LogP contribution in [0.1, 0.15) is 27.0 Å². The monoisotopic (exact) mass is 391 g/mol. The lowest BCUT2D eigenvalue weighted by atomic mass is 10.0. The molecule has 0 bridgehead atoms. The number of likely N-dealkylation sites (N-methyl/N-ethyl adjacent to an activating group) is 1. The number of halogens is 1. The summed E-state index contributed by atoms with van der Waals surface area (Å²) >= 11 is 0. The molecule has 0 saturated carbocycles. The summed E-state index contributed by atoms with van der Waals surface area (Å²) in [6.45, 7) is 2.44. The Kier molecular flexibility index (Phi) is 6.39. The molecule has 0 aliphatic rings. The van der Waals surface area contributed by atoms with E-state index in [1.54, 1.807) is 36.2 Å². The van der Waals surface area contributed by atoms with E-state index in [2.05, 4.69) is 0 Å². The number of rotatable bonds is 7. The van der Waals surface area contributed by atoms with E-state index < -0.39 is 0 Å². The van der Waals surface area contributed by atoms with Gasteiger partial charge < -0.3 is 9.64 Å². The van der Waals surface area contributed by atoms with Gasteiger partial charge in [0.2, 0.25) is 0 Å². The highest BCUT2D eigenvalue weighted by atomic mass is 19.1. The van der Waals surface area contributed by atoms with Crippen LogP contribution in [0.5, 0.6) is 5.75 Å². The highest BCUT2D eigenvalue weighted by Gasteiger charge is 2.12. The molecule has 29 heavy (non-hydrogen) atoms. The zero-order valence-electron chi connectivity index (χ0n) is 16.4. The van der Waals surface area contributed by atoms with Gasteiger partial charge in [-0.15, -0.1) is 0 Å². The summed E-state index contributed by atoms with van der Waals surface area (Å²) in [5.41, 5.74) is 3.10. The van der Waals surface area contributed by atoms with Gasteiger partial charge in [0.05, 0.1) is 0 Å². The molecular weight excluding hydrogens is 369 g/mol. The first kappa shape index (κ1) is 20.3. The summed E-state index contributed by atoms with van der Waals surface area (Å²) in [6, 6.07) is 20.0. The first-order valence-corrected chi connectivity index (χ1v) is 9.25. The van der Waals surface area contributed by atoms with Crippen LogP contribution < -0.4 is 4.74 Å². The number of hydrogen-bond acceptors (Lipinski definition) is 3. The van der Waals surface area contributed by atoms with Gasteiger partial charge in [-0.2, -0.15) is 0 Å². The maximum Gasteiger partial charge on any atom is 0.260 e. The fraction of sp³-hybridized carbons (Fsp3) is 0.167. The number of carbonyl (C=O) groups excluding carboxylic acids is 2. The maximum atomic E-state index is 13.0. The number of ketones is 1. The molecule has 0 unspecified atom stereocenters. The lowest BCUT2D eigenvalue weighted by Crippen LogP contribution is -2.30. The van der Waals surface area contributed by atoms with Crippen LogP contribution in [0.25, 0.3) is 0 Å². The van der Waals surface area contributed by atoms with E-state index in [0.717, 1.165) is 5.56 Å². The first-order valence-electron chi connectivity index (χ1n) is 9.25. The highest BCUT2D eigenvalue weighted by molar-refractivity contribution is 6.09. The molecule has 0 fully saturated rings. The zero-order valence-corrected chi connectivity index (χ0v) is 16.4. The second-order valence-corrected chi connectivity index (χ2v) is 6.88. The molecule has 3 aromatic carbocycles. The van der Waals surface area contributed by atoms with E-state index in [9.17, 15) is 14.0 Å². The summed E-state index contributed by atoms with van der Waals surface area (Å²) in [5.74, 6) is -0.234. The van der Waals surface area contributed by atoms with E-state index >= 15 is 0 Å². The smallest absolute Gasteiger partial charge is 0.260 e. The van der Waals surface area contributed by atoms with Gasteiger partial charge in [-0.3, -0.25) is 9.59 Å². The first-order chi connectivity index (χ1) is 13.9. The van der Waals surface area contributed by atoms with Crippen LogP contribution in [0.2, 0.25) is 0 Å². The highest BCUT2D eigenvalue weighted by Crippen LogP contribution is 2.16. The third-order valence-corrected chi connectivity index (χ3v) is 4.55. The molecule has 3 rings (SSSR count). The minimum atomic E-state index is -0.387. The van der Waals surface area contributed by atoms with Gasteiger partial charge in [-0.1, -0.05) is 29.8 Å². The molecule has 1 amide bonds. The molecule has 0 atom stereocenters. The van der Waals surface area contributed by atoms with Crippen LogP contribution in [0, 0.1) is 12.7 Å². The van der Waals surface area contributed by atoms with Crippen LogP contribution in [-0.2, 0) is 11.3 Å². The van der Waals surface area contributed by atoms with Gasteiger partial charge in [0.25, 0.3) is 5.91 Å². The Bertz CT molecular complexity index is 980. The summed E-state index contributed by atoms with van der Waals surface area (Å²) in [4.78, 5) is 26.3. The number of amides is 1. The van der Waals surface area contributed by atoms with Gasteiger partial charge in [-0.25, -0.2) is 4.39 Å². The van der Waals surface area contributed by atoms with Gasteiger partial charge in [0.1, 0.15) is 11.6 Å². The third kappa shape index (κ3) is 5.51. The molecule has 3 aromatic rings. The Morgan fingerprint density at radius 3 is 2.00 bits per heavy atom. The van der Waals surface area contributed by atoms with Crippen molar-refractivity contribution in [2.75, 3.05) is 13.7 Å². The van der Waals surface area contributed by atoms with Crippen molar-refractivity contribution in [2.45, 2.75) is 13.5 Å². The summed E-state index contributed by atoms with van der Waals surface area (Å²) in [5, 5.41) is 0. The van der Waals surface area contributed by atoms with Crippen molar-refractivity contribution in [3.63, 3.8) is 0 Å². The van der Waals surface area contributed by atoms with E-state index in [0.29, 0.717) is 23.4 Å². The molecular formula is C24H22FNO3. The topological polar surface area (TPSA) is 46.6 Å². The Morgan fingerprint density at radius 2 is 1.41 bits per heavy atom. The number of benzene rings is 3. The Balaban J connectivity index is 1.54. The van der Waals surface area contributed by atoms with Crippen LogP contribution >= 0.6 is 0 Å². The van der Waals surface area contributed by atoms with Crippen molar-refractivity contribution in [1.82, 2.24) is 4.90 Å². The summed E-state index contributed by atoms with van der Waals surface area (Å²) in [7, 11) is 1.73. The molecule has 0 aromatic heterocycles. The van der Waals surface area contributed by atoms with E-state index in [1.807, 2.05) is 31.2 Å². The van der Waals surface area contributed by atoms with Gasteiger partial charge >= 0.3 is 0 Å². The van der Waals surface area contributed by atoms with E-state index in [-0.39, 0.29) is 24.1 Å². The number of hydrogen-bond donors (Lipinski definition) is 0. The zero-order chi connectivity index (χ0) is 20.8. The molecule has 0 saturated heterocycles. The molecule has 0 heterocycles. The SMILES string of the molecule is Cc1ccc(CN(C)C(=O)COc2ccc(C(=O)c3ccc(F)cc3)cc2)cc1. The van der Waals surface area contributed by atoms with Crippen LogP contribution in [0.15, 0.2) is 72.8 Å². The Morgan fingerprint density at radius 1 is 0.862 bits per heavy atom. The van der Waals surface area contributed by atoms with Crippen molar-refractivity contribution in [3.8, 4) is 5.75 Å². The molecule has 0 aliphatic heterocycles. The van der Waals surface area contributed by atoms with Crippen LogP contribution in [0.4, 0.5) is 4.39 Å². The van der Waals surface area contributed by atoms with Crippen molar-refractivity contribution in [1.29, 1.82) is 0 Å². The fourth-order valence-corrected chi connectivity index (χ4v) is 2.78. The predicted octanol–water partition coefficient (Wildman–Crippen LogP) is 4.40. The Labute approximate surface area is 169 Å². The Hall–Kier alpha value is -3.47. The van der Waals surface area contributed by atoms with Crippen LogP contribution in [0.3, 0.4) is 0 Å². The lowest BCUT2D eigenvalue weighted by Gasteiger charge is -2.17. The minimum absolute atomic E-state index is 0.0897. The molecule has 148 valence electrons. The van der Waals surface area contributed by atoms with E-state index in [1.165, 1.54) is 29.8 Å². The van der Waals surface area contributed by atoms with Crippen molar-refractivity contribution >= 4 is 11.7 Å². The second-order valence-electron chi connectivity index (χ2n) is 6.88. The van der Waals surface area contributed by atoms with Gasteiger partial charge in [-0.05, 0) is 61.0 Å². The number of nitrogens with zero attached hydrogens (tertiary/aromatic N) is 1. The average Bonchev–Trinajstić information content (AvgIpc) is 2.74. The molecule has 0 radical (unpaired) electrons. The third-order valence-electron chi connectivity index (χ3n) is 4.55. The normalized spacial score (nSPS) is 10.4. The van der Waals surface area contributed by atoms with Crippen LogP contribution in [-0.4, -0.2) is 30.2 Å². The predicted molar refractivity (Wildman–Crippen MR) is 109 cm³/mol. The van der Waals surface area contributed by atoms with Gasteiger partial charge in [0, 0.05) is 24.7 Å². The fourth-order valence-electron chi connectivity index (χ4n) is 2.78. The van der Waals surface area contributed by atoms with Crippen molar-refractivity contribution in [3.05, 3.63) is 101 Å². The molecule has 0 spiro atoms. The molecule has 4 nitrogen and oxygen atoms in total. The van der Waals surface area contributed by atoms with Crippen molar-refractivity contribution < 1.29 is 18.7 Å². The minimum Gasteiger partial charge on any atom is -0.484 e. The quantitative estimate of drug-likeness (QED) is 0.561. The summed E-state index contributed by atoms with van der Waals surface area (Å²) < 4.78 is 18.5.